The normalized spacial score (nSPS) is 10.6. The number of carbonyl (C=O) groups excluding carboxylic acids is 1. The Morgan fingerprint density at radius 1 is 1.24 bits per heavy atom. The second-order valence-corrected chi connectivity index (χ2v) is 7.87. The Labute approximate surface area is 199 Å². The fraction of sp³-hybridized carbons (Fsp3) is 0.259. The van der Waals surface area contributed by atoms with E-state index >= 15 is 0 Å². The molecule has 0 radical (unpaired) electrons. The minimum absolute atomic E-state index is 0.0683. The molecule has 2 N–H and O–H groups in total. The summed E-state index contributed by atoms with van der Waals surface area (Å²) in [5.41, 5.74) is 3.67. The zero-order valence-electron chi connectivity index (χ0n) is 19.9. The summed E-state index contributed by atoms with van der Waals surface area (Å²) in [6, 6.07) is 6.54. The molecule has 0 saturated carbocycles. The van der Waals surface area contributed by atoms with Gasteiger partial charge >= 0.3 is 0 Å². The predicted molar refractivity (Wildman–Crippen MR) is 132 cm³/mol. The van der Waals surface area contributed by atoms with Crippen molar-refractivity contribution in [3.63, 3.8) is 0 Å². The first-order valence-electron chi connectivity index (χ1n) is 11.1. The number of hydrogen-bond donors (Lipinski definition) is 2. The molecule has 0 aliphatic carbocycles. The van der Waals surface area contributed by atoms with E-state index in [9.17, 15) is 9.18 Å². The molecular formula is C27H31FN3O3+. The van der Waals surface area contributed by atoms with Crippen LogP contribution in [0.5, 0.6) is 11.5 Å². The Bertz CT molecular complexity index is 1200. The summed E-state index contributed by atoms with van der Waals surface area (Å²) in [5.74, 6) is 0.0995. The van der Waals surface area contributed by atoms with E-state index in [1.807, 2.05) is 30.1 Å². The van der Waals surface area contributed by atoms with Gasteiger partial charge < -0.3 is 19.8 Å². The van der Waals surface area contributed by atoms with Crippen LogP contribution in [-0.4, -0.2) is 24.5 Å². The third kappa shape index (κ3) is 5.36. The van der Waals surface area contributed by atoms with Crippen LogP contribution >= 0.6 is 0 Å². The van der Waals surface area contributed by atoms with Crippen LogP contribution in [0.15, 0.2) is 62.0 Å². The van der Waals surface area contributed by atoms with E-state index in [2.05, 4.69) is 23.5 Å². The summed E-state index contributed by atoms with van der Waals surface area (Å²) in [7, 11) is 3.32. The topological polar surface area (TPSA) is 67.2 Å². The first kappa shape index (κ1) is 24.8. The molecule has 0 fully saturated rings. The number of ether oxygens (including phenoxy) is 2. The number of aromatic nitrogens is 2. The first-order valence-corrected chi connectivity index (χ1v) is 11.1. The summed E-state index contributed by atoms with van der Waals surface area (Å²) in [4.78, 5) is 16.2. The number of halogens is 1. The molecule has 2 heterocycles. The van der Waals surface area contributed by atoms with Crippen LogP contribution in [0.2, 0.25) is 0 Å². The van der Waals surface area contributed by atoms with Gasteiger partial charge in [-0.3, -0.25) is 4.79 Å². The van der Waals surface area contributed by atoms with Crippen LogP contribution in [0, 0.1) is 5.82 Å². The van der Waals surface area contributed by atoms with Gasteiger partial charge in [-0.1, -0.05) is 18.2 Å². The van der Waals surface area contributed by atoms with Crippen molar-refractivity contribution in [1.82, 2.24) is 4.98 Å². The van der Waals surface area contributed by atoms with Crippen LogP contribution < -0.4 is 19.4 Å². The molecule has 6 nitrogen and oxygen atoms in total. The zero-order chi connectivity index (χ0) is 24.7. The van der Waals surface area contributed by atoms with E-state index in [1.54, 1.807) is 24.3 Å². The van der Waals surface area contributed by atoms with E-state index in [-0.39, 0.29) is 11.5 Å². The van der Waals surface area contributed by atoms with Gasteiger partial charge in [0.15, 0.2) is 29.3 Å². The summed E-state index contributed by atoms with van der Waals surface area (Å²) >= 11 is 0. The molecule has 0 spiro atoms. The number of aromatic amines is 1. The maximum atomic E-state index is 14.4. The van der Waals surface area contributed by atoms with Crippen molar-refractivity contribution < 1.29 is 23.2 Å². The van der Waals surface area contributed by atoms with Gasteiger partial charge in [0, 0.05) is 11.8 Å². The van der Waals surface area contributed by atoms with E-state index in [4.69, 9.17) is 9.47 Å². The van der Waals surface area contributed by atoms with Gasteiger partial charge in [-0.25, -0.2) is 8.96 Å². The number of benzene rings is 1. The zero-order valence-corrected chi connectivity index (χ0v) is 19.9. The maximum Gasteiger partial charge on any atom is 0.211 e. The summed E-state index contributed by atoms with van der Waals surface area (Å²) in [5, 5.41) is 3.27. The van der Waals surface area contributed by atoms with Crippen LogP contribution in [0.25, 0.3) is 11.3 Å². The van der Waals surface area contributed by atoms with E-state index in [1.165, 1.54) is 20.1 Å². The predicted octanol–water partition coefficient (Wildman–Crippen LogP) is 5.67. The van der Waals surface area contributed by atoms with Crippen LogP contribution in [0.3, 0.4) is 0 Å². The average Bonchev–Trinajstić information content (AvgIpc) is 3.16. The molecule has 178 valence electrons. The van der Waals surface area contributed by atoms with Crippen LogP contribution in [0.4, 0.5) is 15.8 Å². The van der Waals surface area contributed by atoms with Gasteiger partial charge in [-0.05, 0) is 38.3 Å². The number of aryl methyl sites for hydroxylation is 2. The molecule has 0 bridgehead atoms. The fourth-order valence-electron chi connectivity index (χ4n) is 3.80. The molecule has 1 aromatic carbocycles. The van der Waals surface area contributed by atoms with Crippen molar-refractivity contribution in [2.45, 2.75) is 26.2 Å². The lowest BCUT2D eigenvalue weighted by Gasteiger charge is -2.15. The van der Waals surface area contributed by atoms with Crippen molar-refractivity contribution in [3.8, 4) is 22.8 Å². The molecule has 3 rings (SSSR count). The largest absolute Gasteiger partial charge is 0.492 e. The van der Waals surface area contributed by atoms with Crippen LogP contribution in [-0.2, 0) is 13.5 Å². The number of hydrogen-bond acceptors (Lipinski definition) is 4. The minimum Gasteiger partial charge on any atom is -0.492 e. The molecule has 0 saturated heterocycles. The summed E-state index contributed by atoms with van der Waals surface area (Å²) in [6.45, 7) is 9.53. The van der Waals surface area contributed by atoms with Gasteiger partial charge in [-0.15, -0.1) is 13.2 Å². The van der Waals surface area contributed by atoms with Gasteiger partial charge in [0.1, 0.15) is 7.05 Å². The number of pyridine rings is 1. The maximum absolute atomic E-state index is 14.4. The lowest BCUT2D eigenvalue weighted by atomic mass is 10.0. The Balaban J connectivity index is 2.23. The molecule has 0 unspecified atom stereocenters. The van der Waals surface area contributed by atoms with E-state index in [0.717, 1.165) is 11.3 Å². The quantitative estimate of drug-likeness (QED) is 0.157. The van der Waals surface area contributed by atoms with Crippen molar-refractivity contribution >= 4 is 17.2 Å². The number of ketones is 1. The van der Waals surface area contributed by atoms with Crippen molar-refractivity contribution in [2.24, 2.45) is 7.05 Å². The number of Topliss-reactive ketones (excluding diaryl/α,β-unsaturated/α-hetero) is 1. The van der Waals surface area contributed by atoms with Gasteiger partial charge in [0.2, 0.25) is 6.20 Å². The standard InChI is InChI=1S/C27H30FN3O3/c1-6-8-12-21-24(18(3)32)26(30-22-13-10-11-20(28)27(22)33-5)25(29-21)19-14-15-31(4)17-23(19)34-16-9-7-2/h6-7,10-11,13-15,17H,1-2,8-9,12,16H2,3-5H3,(H,29,30,32)/p+1. The Hall–Kier alpha value is -3.87. The first-order chi connectivity index (χ1) is 16.4. The monoisotopic (exact) mass is 464 g/mol. The van der Waals surface area contributed by atoms with Gasteiger partial charge in [0.25, 0.3) is 0 Å². The molecule has 3 aromatic rings. The fourth-order valence-corrected chi connectivity index (χ4v) is 3.80. The number of nitrogens with one attached hydrogen (secondary N) is 2. The Kier molecular flexibility index (Phi) is 8.24. The van der Waals surface area contributed by atoms with E-state index in [0.29, 0.717) is 54.3 Å². The van der Waals surface area contributed by atoms with Crippen molar-refractivity contribution in [3.05, 3.63) is 79.0 Å². The van der Waals surface area contributed by atoms with Crippen molar-refractivity contribution in [1.29, 1.82) is 0 Å². The molecule has 0 aliphatic rings. The minimum atomic E-state index is -0.499. The van der Waals surface area contributed by atoms with E-state index < -0.39 is 5.82 Å². The number of anilines is 2. The third-order valence-corrected chi connectivity index (χ3v) is 5.37. The number of nitrogens with zero attached hydrogens (tertiary/aromatic N) is 1. The highest BCUT2D eigenvalue weighted by molar-refractivity contribution is 6.06. The lowest BCUT2D eigenvalue weighted by Crippen LogP contribution is -2.26. The van der Waals surface area contributed by atoms with Gasteiger partial charge in [-0.2, -0.15) is 0 Å². The SMILES string of the molecule is C=CCCOc1c[n+](C)ccc1-c1[nH]c(CCC=C)c(C(C)=O)c1Nc1cccc(F)c1OC. The number of rotatable bonds is 12. The summed E-state index contributed by atoms with van der Waals surface area (Å²) in [6.07, 6.45) is 9.36. The molecule has 7 heteroatoms. The molecule has 0 amide bonds. The molecule has 2 aromatic heterocycles. The van der Waals surface area contributed by atoms with Gasteiger partial charge in [0.05, 0.1) is 41.9 Å². The number of H-pyrrole nitrogens is 1. The smallest absolute Gasteiger partial charge is 0.211 e. The highest BCUT2D eigenvalue weighted by Gasteiger charge is 2.25. The highest BCUT2D eigenvalue weighted by Crippen LogP contribution is 2.41. The molecule has 0 aliphatic heterocycles. The number of allylic oxidation sites excluding steroid dienone is 1. The van der Waals surface area contributed by atoms with Crippen LogP contribution in [0.1, 0.15) is 35.8 Å². The third-order valence-electron chi connectivity index (χ3n) is 5.37. The molecular weight excluding hydrogens is 433 g/mol. The second-order valence-electron chi connectivity index (χ2n) is 7.87. The summed E-state index contributed by atoms with van der Waals surface area (Å²) < 4.78 is 27.6. The number of carbonyl (C=O) groups is 1. The highest BCUT2D eigenvalue weighted by atomic mass is 19.1. The number of methoxy groups -OCH3 is 1. The molecule has 0 atom stereocenters. The Morgan fingerprint density at radius 3 is 2.68 bits per heavy atom. The Morgan fingerprint density at radius 2 is 2.00 bits per heavy atom. The number of para-hydroxylation sites is 1. The average molecular weight is 465 g/mol. The lowest BCUT2D eigenvalue weighted by molar-refractivity contribution is -0.671. The van der Waals surface area contributed by atoms with Crippen molar-refractivity contribution in [2.75, 3.05) is 19.0 Å². The molecule has 34 heavy (non-hydrogen) atoms. The second kappa shape index (κ2) is 11.3.